The quantitative estimate of drug-likeness (QED) is 0.564. The predicted octanol–water partition coefficient (Wildman–Crippen LogP) is 1.09. The highest BCUT2D eigenvalue weighted by molar-refractivity contribution is 5.97. The molecule has 0 radical (unpaired) electrons. The second-order valence-corrected chi connectivity index (χ2v) is 8.26. The van der Waals surface area contributed by atoms with E-state index in [9.17, 15) is 19.8 Å². The molecule has 9 heteroatoms. The minimum atomic E-state index is -0.811. The molecular formula is C23H34N4O5. The van der Waals surface area contributed by atoms with E-state index in [1.165, 1.54) is 6.20 Å². The van der Waals surface area contributed by atoms with Gasteiger partial charge in [0.15, 0.2) is 0 Å². The van der Waals surface area contributed by atoms with Gasteiger partial charge in [-0.3, -0.25) is 4.79 Å². The Labute approximate surface area is 189 Å². The maximum atomic E-state index is 13.3. The average molecular weight is 447 g/mol. The van der Waals surface area contributed by atoms with Crippen LogP contribution in [0.2, 0.25) is 0 Å². The molecule has 176 valence electrons. The number of pyridine rings is 1. The number of fused-ring (bicyclic) bond motifs is 1. The Hall–Kier alpha value is -2.83. The first-order chi connectivity index (χ1) is 15.2. The normalized spacial score (nSPS) is 20.0. The Morgan fingerprint density at radius 3 is 2.81 bits per heavy atom. The molecule has 0 unspecified atom stereocenters. The Balaban J connectivity index is 2.40. The minimum absolute atomic E-state index is 0.126. The lowest BCUT2D eigenvalue weighted by atomic mass is 10.00. The average Bonchev–Trinajstić information content (AvgIpc) is 2.77. The molecule has 1 aromatic rings. The van der Waals surface area contributed by atoms with Gasteiger partial charge in [0.25, 0.3) is 5.91 Å². The lowest BCUT2D eigenvalue weighted by molar-refractivity contribution is 0.0352. The smallest absolute Gasteiger partial charge is 0.317 e. The Morgan fingerprint density at radius 1 is 1.47 bits per heavy atom. The second kappa shape index (κ2) is 11.7. The van der Waals surface area contributed by atoms with E-state index in [-0.39, 0.29) is 35.9 Å². The fourth-order valence-corrected chi connectivity index (χ4v) is 3.30. The molecule has 3 amide bonds. The molecule has 0 saturated heterocycles. The summed E-state index contributed by atoms with van der Waals surface area (Å²) in [5.41, 5.74) is 0.706. The van der Waals surface area contributed by atoms with Gasteiger partial charge in [-0.15, -0.1) is 0 Å². The molecule has 1 aliphatic heterocycles. The maximum absolute atomic E-state index is 13.3. The van der Waals surface area contributed by atoms with Crippen LogP contribution in [0.15, 0.2) is 12.3 Å². The van der Waals surface area contributed by atoms with Gasteiger partial charge in [0, 0.05) is 37.8 Å². The number of hydrogen-bond acceptors (Lipinski definition) is 6. The summed E-state index contributed by atoms with van der Waals surface area (Å²) in [6.07, 6.45) is 1.09. The van der Waals surface area contributed by atoms with Crippen molar-refractivity contribution in [2.45, 2.75) is 52.4 Å². The summed E-state index contributed by atoms with van der Waals surface area (Å²) in [6, 6.07) is 0.981. The molecule has 0 aliphatic carbocycles. The predicted molar refractivity (Wildman–Crippen MR) is 120 cm³/mol. The van der Waals surface area contributed by atoms with Crippen molar-refractivity contribution in [2.24, 2.45) is 5.92 Å². The summed E-state index contributed by atoms with van der Waals surface area (Å²) in [6.45, 7) is 8.30. The van der Waals surface area contributed by atoms with E-state index in [0.717, 1.165) is 6.42 Å². The third kappa shape index (κ3) is 6.58. The van der Waals surface area contributed by atoms with Crippen molar-refractivity contribution in [3.8, 4) is 17.7 Å². The molecule has 0 bridgehead atoms. The van der Waals surface area contributed by atoms with E-state index in [1.807, 2.05) is 13.8 Å². The number of hydrogen-bond donors (Lipinski definition) is 3. The van der Waals surface area contributed by atoms with Gasteiger partial charge < -0.3 is 30.1 Å². The summed E-state index contributed by atoms with van der Waals surface area (Å²) in [5, 5.41) is 22.0. The summed E-state index contributed by atoms with van der Waals surface area (Å²) in [5.74, 6) is 5.15. The molecule has 9 nitrogen and oxygen atoms in total. The van der Waals surface area contributed by atoms with Crippen LogP contribution in [0.3, 0.4) is 0 Å². The van der Waals surface area contributed by atoms with Crippen LogP contribution < -0.4 is 10.1 Å². The summed E-state index contributed by atoms with van der Waals surface area (Å²) in [7, 11) is 1.70. The first-order valence-electron chi connectivity index (χ1n) is 10.9. The van der Waals surface area contributed by atoms with Crippen LogP contribution in [0.25, 0.3) is 0 Å². The van der Waals surface area contributed by atoms with E-state index in [2.05, 4.69) is 22.1 Å². The third-order valence-corrected chi connectivity index (χ3v) is 5.27. The van der Waals surface area contributed by atoms with Gasteiger partial charge in [0.2, 0.25) is 5.88 Å². The number of urea groups is 1. The van der Waals surface area contributed by atoms with Crippen LogP contribution in [-0.4, -0.2) is 88.5 Å². The molecule has 1 aromatic heterocycles. The van der Waals surface area contributed by atoms with E-state index < -0.39 is 18.2 Å². The van der Waals surface area contributed by atoms with Crippen molar-refractivity contribution in [1.29, 1.82) is 0 Å². The van der Waals surface area contributed by atoms with Gasteiger partial charge in [-0.25, -0.2) is 9.78 Å². The van der Waals surface area contributed by atoms with Crippen molar-refractivity contribution in [2.75, 3.05) is 33.3 Å². The van der Waals surface area contributed by atoms with E-state index in [0.29, 0.717) is 25.2 Å². The summed E-state index contributed by atoms with van der Waals surface area (Å²) in [4.78, 5) is 33.1. The minimum Gasteiger partial charge on any atom is -0.472 e. The molecule has 1 aliphatic rings. The number of nitrogens with zero attached hydrogens (tertiary/aromatic N) is 3. The Morgan fingerprint density at radius 2 is 2.19 bits per heavy atom. The standard InChI is InChI=1S/C23H34N4O5/c1-6-9-24-23(31)26(5)13-20-15(2)12-27(16(3)14-28)22(30)19-10-18(8-7-17(4)29)11-25-21(19)32-20/h10-11,15-17,20,28-29H,6,9,12-14H2,1-5H3,(H,24,31)/t15-,16-,17-,20-/m1/s1. The monoisotopic (exact) mass is 446 g/mol. The topological polar surface area (TPSA) is 115 Å². The lowest BCUT2D eigenvalue weighted by Gasteiger charge is -2.37. The SMILES string of the molecule is CCCNC(=O)N(C)C[C@H]1Oc2ncc(C#C[C@@H](C)O)cc2C(=O)N([C@H](C)CO)C[C@H]1C. The largest absolute Gasteiger partial charge is 0.472 e. The number of carbonyl (C=O) groups excluding carboxylic acids is 2. The lowest BCUT2D eigenvalue weighted by Crippen LogP contribution is -2.51. The highest BCUT2D eigenvalue weighted by Gasteiger charge is 2.34. The van der Waals surface area contributed by atoms with E-state index in [1.54, 1.807) is 36.8 Å². The van der Waals surface area contributed by atoms with Crippen LogP contribution in [0.4, 0.5) is 4.79 Å². The zero-order valence-electron chi connectivity index (χ0n) is 19.5. The number of aromatic nitrogens is 1. The number of ether oxygens (including phenoxy) is 1. The fourth-order valence-electron chi connectivity index (χ4n) is 3.30. The first-order valence-corrected chi connectivity index (χ1v) is 10.9. The number of amides is 3. The van der Waals surface area contributed by atoms with Gasteiger partial charge in [0.1, 0.15) is 17.8 Å². The zero-order valence-corrected chi connectivity index (χ0v) is 19.5. The highest BCUT2D eigenvalue weighted by atomic mass is 16.5. The number of likely N-dealkylation sites (N-methyl/N-ethyl adjacent to an activating group) is 1. The maximum Gasteiger partial charge on any atom is 0.317 e. The number of aliphatic hydroxyl groups excluding tert-OH is 2. The van der Waals surface area contributed by atoms with Gasteiger partial charge in [-0.2, -0.15) is 0 Å². The zero-order chi connectivity index (χ0) is 23.8. The van der Waals surface area contributed by atoms with Crippen molar-refractivity contribution in [3.05, 3.63) is 23.4 Å². The first kappa shape index (κ1) is 25.4. The second-order valence-electron chi connectivity index (χ2n) is 8.26. The van der Waals surface area contributed by atoms with Gasteiger partial charge in [-0.1, -0.05) is 25.7 Å². The van der Waals surface area contributed by atoms with Crippen LogP contribution in [0, 0.1) is 17.8 Å². The number of nitrogens with one attached hydrogen (secondary N) is 1. The molecule has 0 saturated carbocycles. The number of rotatable bonds is 6. The molecule has 32 heavy (non-hydrogen) atoms. The van der Waals surface area contributed by atoms with Crippen molar-refractivity contribution >= 4 is 11.9 Å². The third-order valence-electron chi connectivity index (χ3n) is 5.27. The Bertz CT molecular complexity index is 864. The summed E-state index contributed by atoms with van der Waals surface area (Å²) >= 11 is 0. The molecule has 0 fully saturated rings. The van der Waals surface area contributed by atoms with Gasteiger partial charge in [0.05, 0.1) is 19.2 Å². The molecule has 4 atom stereocenters. The Kier molecular flexibility index (Phi) is 9.29. The molecule has 2 rings (SSSR count). The molecule has 0 aromatic carbocycles. The van der Waals surface area contributed by atoms with Crippen molar-refractivity contribution in [1.82, 2.24) is 20.1 Å². The highest BCUT2D eigenvalue weighted by Crippen LogP contribution is 2.27. The van der Waals surface area contributed by atoms with Crippen molar-refractivity contribution < 1.29 is 24.5 Å². The van der Waals surface area contributed by atoms with Crippen LogP contribution in [0.1, 0.15) is 50.0 Å². The molecule has 0 spiro atoms. The van der Waals surface area contributed by atoms with Gasteiger partial charge >= 0.3 is 6.03 Å². The fraction of sp³-hybridized carbons (Fsp3) is 0.609. The number of aliphatic hydroxyl groups is 2. The van der Waals surface area contributed by atoms with Crippen LogP contribution in [-0.2, 0) is 0 Å². The van der Waals surface area contributed by atoms with Gasteiger partial charge in [-0.05, 0) is 26.3 Å². The molecule has 3 N–H and O–H groups in total. The van der Waals surface area contributed by atoms with Crippen LogP contribution in [0.5, 0.6) is 5.88 Å². The van der Waals surface area contributed by atoms with E-state index in [4.69, 9.17) is 4.74 Å². The molecule has 2 heterocycles. The van der Waals surface area contributed by atoms with Crippen molar-refractivity contribution in [3.63, 3.8) is 0 Å². The number of carbonyl (C=O) groups is 2. The van der Waals surface area contributed by atoms with Crippen LogP contribution >= 0.6 is 0 Å². The summed E-state index contributed by atoms with van der Waals surface area (Å²) < 4.78 is 6.15. The molecular weight excluding hydrogens is 412 g/mol. The van der Waals surface area contributed by atoms with E-state index >= 15 is 0 Å².